The number of rotatable bonds is 1. The Morgan fingerprint density at radius 3 is 1.53 bits per heavy atom. The standard InChI is InChI=1S/C8H10O2.6ClH.Sb/c1-9-7-3-5-8(10-2)6-4-7;;;;;;;/h3-6H,1-2H3;6*1H;/q+1;;;;;;;+5/p-6. The summed E-state index contributed by atoms with van der Waals surface area (Å²) in [6.07, 6.45) is 8.29. The second kappa shape index (κ2) is 5.97. The van der Waals surface area contributed by atoms with Crippen molar-refractivity contribution in [1.82, 2.24) is 0 Å². The van der Waals surface area contributed by atoms with Gasteiger partial charge < -0.3 is 4.74 Å². The van der Waals surface area contributed by atoms with Crippen LogP contribution in [0.15, 0.2) is 24.3 Å². The summed E-state index contributed by atoms with van der Waals surface area (Å²) >= 11 is 0. The molecule has 0 heterocycles. The van der Waals surface area contributed by atoms with Crippen LogP contribution in [0.25, 0.3) is 0 Å². The zero-order valence-electron chi connectivity index (χ0n) is 8.84. The van der Waals surface area contributed by atoms with Crippen LogP contribution in [0.5, 0.6) is 0 Å². The van der Waals surface area contributed by atoms with Gasteiger partial charge >= 0.3 is 67.9 Å². The number of ether oxygens (including phenoxy) is 1. The fraction of sp³-hybridized carbons (Fsp3) is 0.250. The summed E-state index contributed by atoms with van der Waals surface area (Å²) in [6, 6.07) is 0. The van der Waals surface area contributed by atoms with Crippen LogP contribution in [-0.4, -0.2) is 29.1 Å². The molecule has 1 aliphatic rings. The number of hydrogen-bond acceptors (Lipinski definition) is 1. The molecule has 0 bridgehead atoms. The van der Waals surface area contributed by atoms with Gasteiger partial charge in [-0.3, -0.25) is 4.42 Å². The van der Waals surface area contributed by atoms with Crippen molar-refractivity contribution in [2.24, 2.45) is 0 Å². The van der Waals surface area contributed by atoms with E-state index in [-0.39, 0.29) is 0 Å². The molecular weight excluding hydrogens is 463 g/mol. The first-order chi connectivity index (χ1) is 7.31. The Labute approximate surface area is 120 Å². The van der Waals surface area contributed by atoms with Crippen molar-refractivity contribution in [3.63, 3.8) is 0 Å². The Bertz CT molecular complexity index is 325. The Kier molecular flexibility index (Phi) is 6.56. The molecule has 0 unspecified atom stereocenters. The zero-order valence-corrected chi connectivity index (χ0v) is 15.9. The second-order valence-electron chi connectivity index (χ2n) is 2.84. The predicted molar refractivity (Wildman–Crippen MR) is 80.3 cm³/mol. The van der Waals surface area contributed by atoms with Gasteiger partial charge in [-0.15, -0.1) is 0 Å². The van der Waals surface area contributed by atoms with E-state index >= 15 is 0 Å². The SMILES string of the molecule is CO[C]1C=CC(=[O+]C)C=C1.[Cl][Sb-]([Cl])([Cl])([Cl])([Cl])[Cl]. The van der Waals surface area contributed by atoms with Crippen molar-refractivity contribution < 1.29 is 9.16 Å². The van der Waals surface area contributed by atoms with Gasteiger partial charge in [0, 0.05) is 19.3 Å². The molecule has 101 valence electrons. The maximum atomic E-state index is 5.06. The number of halogens is 6. The van der Waals surface area contributed by atoms with Crippen LogP contribution >= 0.6 is 53.0 Å². The van der Waals surface area contributed by atoms with Crippen LogP contribution in [0.4, 0.5) is 0 Å². The molecule has 0 saturated carbocycles. The normalized spacial score (nSPS) is 20.1. The van der Waals surface area contributed by atoms with Crippen molar-refractivity contribution in [3.05, 3.63) is 30.4 Å². The summed E-state index contributed by atoms with van der Waals surface area (Å²) in [7, 11) is 28.2. The van der Waals surface area contributed by atoms with Gasteiger partial charge in [0.05, 0.1) is 0 Å². The molecule has 0 fully saturated rings. The minimum absolute atomic E-state index is 0.848. The van der Waals surface area contributed by atoms with E-state index in [4.69, 9.17) is 62.1 Å². The maximum absolute atomic E-state index is 5.42. The van der Waals surface area contributed by atoms with E-state index in [1.165, 1.54) is 0 Å². The van der Waals surface area contributed by atoms with E-state index in [0.29, 0.717) is 0 Å². The van der Waals surface area contributed by atoms with Crippen LogP contribution in [0.2, 0.25) is 0 Å². The summed E-state index contributed by atoms with van der Waals surface area (Å²) in [4.78, 5) is 0. The molecule has 0 aromatic heterocycles. The third-order valence-electron chi connectivity index (χ3n) is 1.30. The van der Waals surface area contributed by atoms with Gasteiger partial charge in [-0.25, -0.2) is 0 Å². The molecule has 1 rings (SSSR count). The third kappa shape index (κ3) is 17.7. The topological polar surface area (TPSA) is 20.5 Å². The van der Waals surface area contributed by atoms with Crippen LogP contribution < -0.4 is 0 Å². The Morgan fingerprint density at radius 1 is 0.941 bits per heavy atom. The summed E-state index contributed by atoms with van der Waals surface area (Å²) in [5.74, 6) is 0.848. The van der Waals surface area contributed by atoms with E-state index in [2.05, 4.69) is 0 Å². The summed E-state index contributed by atoms with van der Waals surface area (Å²) in [5, 5.41) is 0. The fourth-order valence-corrected chi connectivity index (χ4v) is 0.712. The van der Waals surface area contributed by atoms with Gasteiger partial charge in [-0.1, -0.05) is 0 Å². The van der Waals surface area contributed by atoms with Gasteiger partial charge in [0.15, 0.2) is 0 Å². The summed E-state index contributed by atoms with van der Waals surface area (Å²) in [5.41, 5.74) is 0. The van der Waals surface area contributed by atoms with Crippen molar-refractivity contribution >= 4 is 67.9 Å². The van der Waals surface area contributed by atoms with Gasteiger partial charge in [-0.2, -0.15) is 0 Å². The van der Waals surface area contributed by atoms with Crippen LogP contribution in [0.3, 0.4) is 0 Å². The molecule has 0 aliphatic heterocycles. The summed E-state index contributed by atoms with van der Waals surface area (Å²) in [6.45, 7) is 0. The average Bonchev–Trinajstić information content (AvgIpc) is 2.13. The quantitative estimate of drug-likeness (QED) is 0.397. The molecule has 0 saturated heterocycles. The van der Waals surface area contributed by atoms with E-state index in [1.807, 2.05) is 24.3 Å². The van der Waals surface area contributed by atoms with Gasteiger partial charge in [-0.05, 0) is 12.2 Å². The summed E-state index contributed by atoms with van der Waals surface area (Å²) < 4.78 is 9.92. The number of hydrogen-bond donors (Lipinski definition) is 0. The Morgan fingerprint density at radius 2 is 1.29 bits per heavy atom. The monoisotopic (exact) mass is 469 g/mol. The van der Waals surface area contributed by atoms with Crippen LogP contribution in [-0.2, 0) is 9.16 Å². The molecule has 9 heteroatoms. The number of ketones is 1. The van der Waals surface area contributed by atoms with E-state index in [0.717, 1.165) is 11.9 Å². The molecule has 1 radical (unpaired) electrons. The molecule has 0 aromatic carbocycles. The number of allylic oxidation sites excluding steroid dienone is 2. The first kappa shape index (κ1) is 18.7. The Hall–Kier alpha value is 1.67. The molecule has 1 aliphatic carbocycles. The van der Waals surface area contributed by atoms with Gasteiger partial charge in [0.1, 0.15) is 6.10 Å². The van der Waals surface area contributed by atoms with Crippen molar-refractivity contribution in [2.45, 2.75) is 0 Å². The van der Waals surface area contributed by atoms with Crippen LogP contribution in [0.1, 0.15) is 0 Å². The molecule has 0 aromatic rings. The number of methoxy groups -OCH3 is 1. The van der Waals surface area contributed by atoms with E-state index < -0.39 is 9.14 Å². The van der Waals surface area contributed by atoms with Crippen molar-refractivity contribution in [2.75, 3.05) is 14.2 Å². The molecule has 0 spiro atoms. The van der Waals surface area contributed by atoms with Gasteiger partial charge in [0.25, 0.3) is 7.11 Å². The van der Waals surface area contributed by atoms with E-state index in [1.54, 1.807) is 14.2 Å². The molecule has 0 N–H and O–H groups in total. The first-order valence-corrected chi connectivity index (χ1v) is 23.5. The molecule has 2 nitrogen and oxygen atoms in total. The second-order valence-corrected chi connectivity index (χ2v) is 59.7. The van der Waals surface area contributed by atoms with Gasteiger partial charge in [0.2, 0.25) is 0 Å². The van der Waals surface area contributed by atoms with Crippen molar-refractivity contribution in [1.29, 1.82) is 0 Å². The molecule has 0 atom stereocenters. The minimum atomic E-state index is -5.42. The number of carbonyl (C=O) groups excluding carboxylic acids is 1. The average molecular weight is 473 g/mol. The first-order valence-electron chi connectivity index (χ1n) is 4.06. The molecule has 0 amide bonds. The molecule has 17 heavy (non-hydrogen) atoms. The Balaban J connectivity index is 0.000000325. The fourth-order valence-electron chi connectivity index (χ4n) is 0.712. The third-order valence-corrected chi connectivity index (χ3v) is 1.30. The zero-order chi connectivity index (χ0) is 13.8. The van der Waals surface area contributed by atoms with E-state index in [9.17, 15) is 0 Å². The van der Waals surface area contributed by atoms with Crippen LogP contribution in [0, 0.1) is 6.10 Å². The van der Waals surface area contributed by atoms with Crippen molar-refractivity contribution in [3.8, 4) is 0 Å². The molecular formula is C8H10Cl6O2Sb. The predicted octanol–water partition coefficient (Wildman–Crippen LogP) is 4.78.